The van der Waals surface area contributed by atoms with Crippen molar-refractivity contribution in [1.82, 2.24) is 19.9 Å². The molecule has 6 nitrogen and oxygen atoms in total. The number of aryl methyl sites for hydroxylation is 3. The Hall–Kier alpha value is -3.19. The fourth-order valence-electron chi connectivity index (χ4n) is 3.54. The van der Waals surface area contributed by atoms with Gasteiger partial charge in [0.15, 0.2) is 0 Å². The number of pyridine rings is 3. The van der Waals surface area contributed by atoms with Gasteiger partial charge in [0.25, 0.3) is 5.91 Å². The number of thioether (sulfide) groups is 1. The monoisotopic (exact) mass is 417 g/mol. The van der Waals surface area contributed by atoms with Crippen LogP contribution in [-0.2, 0) is 11.3 Å². The van der Waals surface area contributed by atoms with Crippen molar-refractivity contribution in [2.24, 2.45) is 5.73 Å². The molecule has 1 aliphatic heterocycles. The van der Waals surface area contributed by atoms with Gasteiger partial charge >= 0.3 is 0 Å². The van der Waals surface area contributed by atoms with E-state index in [0.29, 0.717) is 11.4 Å². The van der Waals surface area contributed by atoms with Gasteiger partial charge in [-0.05, 0) is 56.2 Å². The standard InChI is InChI=1S/C23H23N5OS/c1-14-9-17(11-26-21(14)18-7-8-25-16(3)10-18)12-28-13-20(22(24)29)30-23(28)19-6-4-5-15(2)27-19/h4-11,13,23H,12H2,1-3H3,(H2,24,29). The minimum Gasteiger partial charge on any atom is -0.365 e. The Kier molecular flexibility index (Phi) is 5.55. The predicted octanol–water partition coefficient (Wildman–Crippen LogP) is 4.04. The van der Waals surface area contributed by atoms with Gasteiger partial charge in [-0.1, -0.05) is 23.9 Å². The third-order valence-electron chi connectivity index (χ3n) is 4.90. The SMILES string of the molecule is Cc1cc(-c2ncc(CN3C=C(C(N)=O)SC3c3cccc(C)n3)cc2C)ccn1. The van der Waals surface area contributed by atoms with Gasteiger partial charge in [0.1, 0.15) is 5.37 Å². The van der Waals surface area contributed by atoms with E-state index in [2.05, 4.69) is 27.9 Å². The van der Waals surface area contributed by atoms with Crippen LogP contribution >= 0.6 is 11.8 Å². The Bertz CT molecular complexity index is 1140. The summed E-state index contributed by atoms with van der Waals surface area (Å²) in [5, 5.41) is -0.102. The Balaban J connectivity index is 1.62. The summed E-state index contributed by atoms with van der Waals surface area (Å²) >= 11 is 1.44. The lowest BCUT2D eigenvalue weighted by Crippen LogP contribution is -2.19. The van der Waals surface area contributed by atoms with E-state index in [1.54, 1.807) is 6.20 Å². The molecule has 0 fully saturated rings. The van der Waals surface area contributed by atoms with Crippen molar-refractivity contribution in [3.63, 3.8) is 0 Å². The molecule has 0 aliphatic carbocycles. The second kappa shape index (κ2) is 8.28. The largest absolute Gasteiger partial charge is 0.365 e. The molecule has 0 bridgehead atoms. The van der Waals surface area contributed by atoms with E-state index >= 15 is 0 Å². The van der Waals surface area contributed by atoms with Crippen LogP contribution in [0.5, 0.6) is 0 Å². The number of hydrogen-bond donors (Lipinski definition) is 1. The first kappa shape index (κ1) is 20.1. The number of amides is 1. The van der Waals surface area contributed by atoms with Crippen LogP contribution in [0, 0.1) is 20.8 Å². The van der Waals surface area contributed by atoms with Crippen molar-refractivity contribution in [3.8, 4) is 11.3 Å². The number of carbonyl (C=O) groups is 1. The van der Waals surface area contributed by atoms with E-state index in [0.717, 1.165) is 39.5 Å². The normalized spacial score (nSPS) is 15.9. The molecule has 0 aromatic carbocycles. The van der Waals surface area contributed by atoms with Crippen LogP contribution in [0.2, 0.25) is 0 Å². The maximum atomic E-state index is 11.8. The minimum atomic E-state index is -0.419. The van der Waals surface area contributed by atoms with E-state index in [1.807, 2.05) is 56.6 Å². The maximum absolute atomic E-state index is 11.8. The summed E-state index contributed by atoms with van der Waals surface area (Å²) in [7, 11) is 0. The molecular formula is C23H23N5OS. The molecule has 0 spiro atoms. The quantitative estimate of drug-likeness (QED) is 0.674. The number of carbonyl (C=O) groups excluding carboxylic acids is 1. The highest BCUT2D eigenvalue weighted by Gasteiger charge is 2.30. The summed E-state index contributed by atoms with van der Waals surface area (Å²) in [6.45, 7) is 6.60. The molecule has 152 valence electrons. The molecule has 1 atom stereocenters. The number of nitrogens with two attached hydrogens (primary N) is 1. The lowest BCUT2D eigenvalue weighted by atomic mass is 10.1. The first-order valence-electron chi connectivity index (χ1n) is 9.67. The molecule has 1 unspecified atom stereocenters. The first-order chi connectivity index (χ1) is 14.4. The molecule has 1 aliphatic rings. The smallest absolute Gasteiger partial charge is 0.256 e. The zero-order valence-corrected chi connectivity index (χ0v) is 18.0. The molecular weight excluding hydrogens is 394 g/mol. The van der Waals surface area contributed by atoms with Crippen LogP contribution < -0.4 is 5.73 Å². The molecule has 4 heterocycles. The topological polar surface area (TPSA) is 85.0 Å². The summed E-state index contributed by atoms with van der Waals surface area (Å²) in [5.41, 5.74) is 12.5. The van der Waals surface area contributed by atoms with E-state index in [4.69, 9.17) is 10.7 Å². The Morgan fingerprint density at radius 1 is 1.13 bits per heavy atom. The third-order valence-corrected chi connectivity index (χ3v) is 6.19. The molecule has 4 rings (SSSR count). The first-order valence-corrected chi connectivity index (χ1v) is 10.5. The second-order valence-electron chi connectivity index (χ2n) is 7.40. The Labute approximate surface area is 180 Å². The van der Waals surface area contributed by atoms with E-state index in [9.17, 15) is 4.79 Å². The van der Waals surface area contributed by atoms with Crippen molar-refractivity contribution in [2.45, 2.75) is 32.7 Å². The average molecular weight is 418 g/mol. The van der Waals surface area contributed by atoms with Gasteiger partial charge in [-0.15, -0.1) is 0 Å². The zero-order valence-electron chi connectivity index (χ0n) is 17.2. The molecule has 2 N–H and O–H groups in total. The molecule has 3 aromatic heterocycles. The summed E-state index contributed by atoms with van der Waals surface area (Å²) in [5.74, 6) is -0.419. The van der Waals surface area contributed by atoms with E-state index in [1.165, 1.54) is 11.8 Å². The number of primary amides is 1. The van der Waals surface area contributed by atoms with Crippen molar-refractivity contribution in [1.29, 1.82) is 0 Å². The van der Waals surface area contributed by atoms with Crippen molar-refractivity contribution >= 4 is 17.7 Å². The van der Waals surface area contributed by atoms with Gasteiger partial charge < -0.3 is 10.6 Å². The van der Waals surface area contributed by atoms with E-state index in [-0.39, 0.29) is 5.37 Å². The van der Waals surface area contributed by atoms with Gasteiger partial charge in [-0.3, -0.25) is 19.7 Å². The third kappa shape index (κ3) is 4.21. The average Bonchev–Trinajstić information content (AvgIpc) is 3.12. The van der Waals surface area contributed by atoms with Crippen LogP contribution in [0.4, 0.5) is 0 Å². The number of nitrogens with zero attached hydrogens (tertiary/aromatic N) is 4. The maximum Gasteiger partial charge on any atom is 0.256 e. The molecule has 0 radical (unpaired) electrons. The van der Waals surface area contributed by atoms with Gasteiger partial charge in [0, 0.05) is 42.1 Å². The molecule has 7 heteroatoms. The van der Waals surface area contributed by atoms with Crippen molar-refractivity contribution in [2.75, 3.05) is 0 Å². The summed E-state index contributed by atoms with van der Waals surface area (Å²) in [6.07, 6.45) is 5.52. The number of aromatic nitrogens is 3. The summed E-state index contributed by atoms with van der Waals surface area (Å²) in [6, 6.07) is 12.1. The van der Waals surface area contributed by atoms with Crippen LogP contribution in [0.15, 0.2) is 59.9 Å². The Morgan fingerprint density at radius 2 is 1.97 bits per heavy atom. The highest BCUT2D eigenvalue weighted by atomic mass is 32.2. The van der Waals surface area contributed by atoms with Crippen LogP contribution in [0.25, 0.3) is 11.3 Å². The number of hydrogen-bond acceptors (Lipinski definition) is 6. The summed E-state index contributed by atoms with van der Waals surface area (Å²) < 4.78 is 0. The van der Waals surface area contributed by atoms with Crippen molar-refractivity contribution < 1.29 is 4.79 Å². The van der Waals surface area contributed by atoms with Crippen molar-refractivity contribution in [3.05, 3.63) is 88.1 Å². The fourth-order valence-corrected chi connectivity index (χ4v) is 4.62. The van der Waals surface area contributed by atoms with Crippen LogP contribution in [0.3, 0.4) is 0 Å². The highest BCUT2D eigenvalue weighted by Crippen LogP contribution is 2.43. The lowest BCUT2D eigenvalue weighted by molar-refractivity contribution is -0.113. The summed E-state index contributed by atoms with van der Waals surface area (Å²) in [4.78, 5) is 28.0. The fraction of sp³-hybridized carbons (Fsp3) is 0.217. The molecule has 30 heavy (non-hydrogen) atoms. The molecule has 0 saturated carbocycles. The van der Waals surface area contributed by atoms with Gasteiger partial charge in [-0.2, -0.15) is 0 Å². The number of rotatable bonds is 5. The molecule has 0 saturated heterocycles. The van der Waals surface area contributed by atoms with Gasteiger partial charge in [0.05, 0.1) is 16.3 Å². The van der Waals surface area contributed by atoms with Gasteiger partial charge in [-0.25, -0.2) is 0 Å². The second-order valence-corrected chi connectivity index (χ2v) is 8.52. The van der Waals surface area contributed by atoms with Gasteiger partial charge in [0.2, 0.25) is 0 Å². The van der Waals surface area contributed by atoms with E-state index < -0.39 is 5.91 Å². The minimum absolute atomic E-state index is 0.102. The predicted molar refractivity (Wildman–Crippen MR) is 119 cm³/mol. The molecule has 3 aromatic rings. The van der Waals surface area contributed by atoms with Crippen LogP contribution in [-0.4, -0.2) is 25.8 Å². The zero-order chi connectivity index (χ0) is 21.3. The lowest BCUT2D eigenvalue weighted by Gasteiger charge is -2.24. The van der Waals surface area contributed by atoms with Crippen LogP contribution in [0.1, 0.15) is 33.6 Å². The highest BCUT2D eigenvalue weighted by molar-refractivity contribution is 8.04. The Morgan fingerprint density at radius 3 is 2.67 bits per heavy atom. The molecule has 1 amide bonds.